The molecular weight excluding hydrogens is 473 g/mol. The molecule has 4 nitrogen and oxygen atoms in total. The van der Waals surface area contributed by atoms with Gasteiger partial charge in [0.25, 0.3) is 0 Å². The van der Waals surface area contributed by atoms with Crippen LogP contribution < -0.4 is 10.6 Å². The second-order valence-corrected chi connectivity index (χ2v) is 7.62. The predicted octanol–water partition coefficient (Wildman–Crippen LogP) is 4.09. The zero-order chi connectivity index (χ0) is 19.1. The molecule has 2 N–H and O–H groups in total. The fourth-order valence-electron chi connectivity index (χ4n) is 4.22. The summed E-state index contributed by atoms with van der Waals surface area (Å²) in [5.74, 6) is -0.783. The maximum absolute atomic E-state index is 13.8. The summed E-state index contributed by atoms with van der Waals surface area (Å²) in [6, 6.07) is 5.53. The Labute approximate surface area is 184 Å². The van der Waals surface area contributed by atoms with Crippen molar-refractivity contribution in [2.75, 3.05) is 26.2 Å². The number of benzene rings is 1. The zero-order valence-electron chi connectivity index (χ0n) is 16.7. The largest absolute Gasteiger partial charge is 0.357 e. The van der Waals surface area contributed by atoms with Gasteiger partial charge in [0.1, 0.15) is 0 Å². The molecule has 0 unspecified atom stereocenters. The minimum absolute atomic E-state index is 0. The lowest BCUT2D eigenvalue weighted by atomic mass is 10.0. The molecule has 1 saturated carbocycles. The Morgan fingerprint density at radius 3 is 2.54 bits per heavy atom. The average molecular weight is 506 g/mol. The molecule has 0 spiro atoms. The summed E-state index contributed by atoms with van der Waals surface area (Å²) in [5, 5.41) is 6.79. The van der Waals surface area contributed by atoms with Gasteiger partial charge in [-0.1, -0.05) is 25.0 Å². The van der Waals surface area contributed by atoms with Gasteiger partial charge in [0, 0.05) is 38.3 Å². The van der Waals surface area contributed by atoms with Gasteiger partial charge in [0.05, 0.1) is 0 Å². The number of nitrogens with one attached hydrogen (secondary N) is 2. The summed E-state index contributed by atoms with van der Waals surface area (Å²) in [6.07, 6.45) is 8.12. The van der Waals surface area contributed by atoms with Gasteiger partial charge in [-0.25, -0.2) is 8.78 Å². The van der Waals surface area contributed by atoms with Crippen LogP contribution in [0.5, 0.6) is 0 Å². The predicted molar refractivity (Wildman–Crippen MR) is 121 cm³/mol. The molecule has 1 aromatic rings. The summed E-state index contributed by atoms with van der Waals surface area (Å²) in [7, 11) is 0. The first-order valence-corrected chi connectivity index (χ1v) is 10.4. The third-order valence-electron chi connectivity index (χ3n) is 5.74. The smallest absolute Gasteiger partial charge is 0.191 e. The summed E-state index contributed by atoms with van der Waals surface area (Å²) in [5.41, 5.74) is 0.375. The highest BCUT2D eigenvalue weighted by Gasteiger charge is 2.27. The van der Waals surface area contributed by atoms with E-state index in [-0.39, 0.29) is 24.0 Å². The van der Waals surface area contributed by atoms with Crippen LogP contribution in [0.15, 0.2) is 23.2 Å². The molecule has 1 aliphatic carbocycles. The van der Waals surface area contributed by atoms with E-state index in [1.807, 2.05) is 6.92 Å². The van der Waals surface area contributed by atoms with Crippen LogP contribution in [-0.2, 0) is 6.42 Å². The number of rotatable bonds is 6. The molecule has 2 aliphatic rings. The number of aliphatic imine (C=N–C) groups is 1. The first-order valence-electron chi connectivity index (χ1n) is 10.4. The van der Waals surface area contributed by atoms with Crippen LogP contribution in [0.1, 0.15) is 51.0 Å². The molecular formula is C21H33F2IN4. The van der Waals surface area contributed by atoms with Crippen LogP contribution in [0.4, 0.5) is 8.78 Å². The highest BCUT2D eigenvalue weighted by molar-refractivity contribution is 14.0. The van der Waals surface area contributed by atoms with E-state index in [4.69, 9.17) is 0 Å². The van der Waals surface area contributed by atoms with Gasteiger partial charge in [0.2, 0.25) is 0 Å². The number of likely N-dealkylation sites (tertiary alicyclic amines) is 1. The quantitative estimate of drug-likeness (QED) is 0.347. The van der Waals surface area contributed by atoms with Crippen LogP contribution in [0.2, 0.25) is 0 Å². The average Bonchev–Trinajstić information content (AvgIpc) is 3.21. The van der Waals surface area contributed by atoms with E-state index < -0.39 is 11.6 Å². The van der Waals surface area contributed by atoms with Crippen LogP contribution in [-0.4, -0.2) is 49.1 Å². The second-order valence-electron chi connectivity index (χ2n) is 7.62. The van der Waals surface area contributed by atoms with Gasteiger partial charge in [-0.2, -0.15) is 0 Å². The topological polar surface area (TPSA) is 39.7 Å². The summed E-state index contributed by atoms with van der Waals surface area (Å²) < 4.78 is 27.1. The van der Waals surface area contributed by atoms with Gasteiger partial charge in [-0.3, -0.25) is 4.99 Å². The van der Waals surface area contributed by atoms with E-state index in [1.165, 1.54) is 25.7 Å². The summed E-state index contributed by atoms with van der Waals surface area (Å²) >= 11 is 0. The lowest BCUT2D eigenvalue weighted by Gasteiger charge is -2.36. The van der Waals surface area contributed by atoms with Crippen molar-refractivity contribution < 1.29 is 8.78 Å². The van der Waals surface area contributed by atoms with Crippen LogP contribution in [0, 0.1) is 11.6 Å². The molecule has 1 aliphatic heterocycles. The van der Waals surface area contributed by atoms with Crippen molar-refractivity contribution >= 4 is 29.9 Å². The molecule has 0 radical (unpaired) electrons. The number of hydrogen-bond acceptors (Lipinski definition) is 2. The van der Waals surface area contributed by atoms with E-state index in [0.29, 0.717) is 24.6 Å². The van der Waals surface area contributed by atoms with Crippen LogP contribution in [0.3, 0.4) is 0 Å². The Kier molecular flexibility index (Phi) is 9.91. The maximum atomic E-state index is 13.8. The molecule has 7 heteroatoms. The Morgan fingerprint density at radius 1 is 1.14 bits per heavy atom. The molecule has 0 atom stereocenters. The molecule has 3 rings (SSSR count). The minimum atomic E-state index is -0.796. The van der Waals surface area contributed by atoms with Crippen LogP contribution >= 0.6 is 24.0 Å². The van der Waals surface area contributed by atoms with Crippen molar-refractivity contribution in [1.82, 2.24) is 15.5 Å². The van der Waals surface area contributed by atoms with Crippen molar-refractivity contribution in [2.24, 2.45) is 4.99 Å². The Morgan fingerprint density at radius 2 is 1.86 bits per heavy atom. The fraction of sp³-hybridized carbons (Fsp3) is 0.667. The van der Waals surface area contributed by atoms with Crippen molar-refractivity contribution in [2.45, 2.75) is 64.0 Å². The van der Waals surface area contributed by atoms with Gasteiger partial charge in [-0.05, 0) is 50.7 Å². The van der Waals surface area contributed by atoms with Gasteiger partial charge in [0.15, 0.2) is 17.6 Å². The second kappa shape index (κ2) is 11.9. The monoisotopic (exact) mass is 506 g/mol. The zero-order valence-corrected chi connectivity index (χ0v) is 19.1. The lowest BCUT2D eigenvalue weighted by Crippen LogP contribution is -2.50. The third-order valence-corrected chi connectivity index (χ3v) is 5.74. The van der Waals surface area contributed by atoms with E-state index in [2.05, 4.69) is 20.5 Å². The molecule has 0 bridgehead atoms. The number of guanidine groups is 1. The summed E-state index contributed by atoms with van der Waals surface area (Å²) in [4.78, 5) is 7.22. The number of hydrogen-bond donors (Lipinski definition) is 2. The fourth-order valence-corrected chi connectivity index (χ4v) is 4.22. The van der Waals surface area contributed by atoms with Crippen molar-refractivity contribution in [1.29, 1.82) is 0 Å². The Balaban J connectivity index is 0.00000280. The van der Waals surface area contributed by atoms with E-state index in [0.717, 1.165) is 50.5 Å². The first kappa shape index (κ1) is 23.3. The standard InChI is InChI=1S/C21H32F2N4.HI/c1-2-24-21(25-13-10-16-6-5-9-19(22)20(16)23)26-17-11-14-27(15-12-17)18-7-3-4-8-18;/h5-6,9,17-18H,2-4,7-8,10-15H2,1H3,(H2,24,25,26);1H. The van der Waals surface area contributed by atoms with Gasteiger partial charge in [-0.15, -0.1) is 24.0 Å². The molecule has 1 aromatic carbocycles. The molecule has 0 aromatic heterocycles. The Hall–Kier alpha value is -0.960. The highest BCUT2D eigenvalue weighted by Crippen LogP contribution is 2.26. The van der Waals surface area contributed by atoms with Crippen molar-refractivity contribution in [3.8, 4) is 0 Å². The van der Waals surface area contributed by atoms with E-state index in [1.54, 1.807) is 12.1 Å². The molecule has 28 heavy (non-hydrogen) atoms. The third kappa shape index (κ3) is 6.54. The lowest BCUT2D eigenvalue weighted by molar-refractivity contribution is 0.150. The van der Waals surface area contributed by atoms with Crippen LogP contribution in [0.25, 0.3) is 0 Å². The Bertz CT molecular complexity index is 627. The number of halogens is 3. The first-order chi connectivity index (χ1) is 13.2. The molecule has 0 amide bonds. The summed E-state index contributed by atoms with van der Waals surface area (Å²) in [6.45, 7) is 5.54. The van der Waals surface area contributed by atoms with Gasteiger partial charge >= 0.3 is 0 Å². The van der Waals surface area contributed by atoms with E-state index in [9.17, 15) is 8.78 Å². The van der Waals surface area contributed by atoms with E-state index >= 15 is 0 Å². The molecule has 2 fully saturated rings. The molecule has 158 valence electrons. The number of nitrogens with zero attached hydrogens (tertiary/aromatic N) is 2. The molecule has 1 heterocycles. The van der Waals surface area contributed by atoms with Crippen molar-refractivity contribution in [3.63, 3.8) is 0 Å². The number of piperidine rings is 1. The van der Waals surface area contributed by atoms with Crippen molar-refractivity contribution in [3.05, 3.63) is 35.4 Å². The minimum Gasteiger partial charge on any atom is -0.357 e. The normalized spacial score (nSPS) is 19.5. The SMILES string of the molecule is CCNC(=NCCc1cccc(F)c1F)NC1CCN(C2CCCC2)CC1.I. The maximum Gasteiger partial charge on any atom is 0.191 e. The highest BCUT2D eigenvalue weighted by atomic mass is 127. The van der Waals surface area contributed by atoms with Gasteiger partial charge < -0.3 is 15.5 Å². The molecule has 1 saturated heterocycles.